The van der Waals surface area contributed by atoms with Crippen LogP contribution in [0.5, 0.6) is 0 Å². The van der Waals surface area contributed by atoms with Crippen LogP contribution in [0.3, 0.4) is 0 Å². The molecule has 8 nitrogen and oxygen atoms in total. The van der Waals surface area contributed by atoms with Gasteiger partial charge in [0.25, 0.3) is 0 Å². The lowest BCUT2D eigenvalue weighted by molar-refractivity contribution is -0.143. The number of likely N-dealkylation sites (tertiary alicyclic amines) is 1. The molecule has 1 fully saturated rings. The van der Waals surface area contributed by atoms with Crippen molar-refractivity contribution >= 4 is 17.5 Å². The summed E-state index contributed by atoms with van der Waals surface area (Å²) in [5, 5.41) is 10.7. The fourth-order valence-electron chi connectivity index (χ4n) is 4.98. The third kappa shape index (κ3) is 7.74. The van der Waals surface area contributed by atoms with Gasteiger partial charge in [-0.15, -0.1) is 0 Å². The van der Waals surface area contributed by atoms with Crippen LogP contribution < -0.4 is 10.6 Å². The van der Waals surface area contributed by atoms with Gasteiger partial charge in [-0.1, -0.05) is 13.0 Å². The summed E-state index contributed by atoms with van der Waals surface area (Å²) in [6, 6.07) is 11.1. The van der Waals surface area contributed by atoms with E-state index in [1.54, 1.807) is 10.7 Å². The molecule has 0 spiro atoms. The van der Waals surface area contributed by atoms with E-state index >= 15 is 0 Å². The van der Waals surface area contributed by atoms with Gasteiger partial charge >= 0.3 is 12.2 Å². The molecule has 1 atom stereocenters. The maximum atomic E-state index is 12.9. The van der Waals surface area contributed by atoms with Crippen molar-refractivity contribution < 1.29 is 22.7 Å². The Morgan fingerprint density at radius 3 is 2.65 bits per heavy atom. The van der Waals surface area contributed by atoms with Gasteiger partial charge in [0.2, 0.25) is 0 Å². The lowest BCUT2D eigenvalue weighted by Gasteiger charge is -2.19. The van der Waals surface area contributed by atoms with Crippen LogP contribution in [0.2, 0.25) is 0 Å². The predicted molar refractivity (Wildman–Crippen MR) is 150 cm³/mol. The number of alkyl halides is 3. The molecule has 11 heteroatoms. The van der Waals surface area contributed by atoms with E-state index in [2.05, 4.69) is 22.7 Å². The van der Waals surface area contributed by atoms with Crippen LogP contribution >= 0.6 is 0 Å². The molecule has 3 heterocycles. The number of aromatic nitrogens is 3. The van der Waals surface area contributed by atoms with Crippen molar-refractivity contribution in [1.29, 1.82) is 0 Å². The summed E-state index contributed by atoms with van der Waals surface area (Å²) in [5.74, 6) is 0.122. The zero-order valence-electron chi connectivity index (χ0n) is 23.4. The third-order valence-corrected chi connectivity index (χ3v) is 6.88. The Balaban J connectivity index is 1.57. The minimum absolute atomic E-state index is 0.0961. The van der Waals surface area contributed by atoms with Crippen LogP contribution in [-0.4, -0.2) is 64.7 Å². The van der Waals surface area contributed by atoms with Gasteiger partial charge in [-0.2, -0.15) is 18.3 Å². The first kappa shape index (κ1) is 29.4. The second-order valence-corrected chi connectivity index (χ2v) is 10.3. The Hall–Kier alpha value is -3.60. The van der Waals surface area contributed by atoms with E-state index in [-0.39, 0.29) is 6.54 Å². The Bertz CT molecular complexity index is 1320. The number of nitrogens with zero attached hydrogens (tertiary/aromatic N) is 4. The first-order chi connectivity index (χ1) is 19.0. The average Bonchev–Trinajstić information content (AvgIpc) is 3.49. The first-order valence-electron chi connectivity index (χ1n) is 13.6. The molecular weight excluding hydrogens is 521 g/mol. The topological polar surface area (TPSA) is 84.3 Å². The predicted octanol–water partition coefficient (Wildman–Crippen LogP) is 6.41. The zero-order valence-corrected chi connectivity index (χ0v) is 23.4. The van der Waals surface area contributed by atoms with E-state index in [0.29, 0.717) is 44.2 Å². The van der Waals surface area contributed by atoms with E-state index in [1.165, 1.54) is 4.90 Å². The van der Waals surface area contributed by atoms with E-state index < -0.39 is 24.5 Å². The number of ether oxygens (including phenoxy) is 1. The Labute approximate surface area is 232 Å². The number of rotatable bonds is 10. The van der Waals surface area contributed by atoms with E-state index in [1.807, 2.05) is 51.2 Å². The SMILES string of the molecule is CCCOCCNc1cc(-c2cc(NC(=O)N3CC[C@@H](CC(F)(F)F)C3)ccc2C)cc(-c2cc(C)nn2C)n1. The van der Waals surface area contributed by atoms with Crippen LogP contribution in [0.4, 0.5) is 29.5 Å². The summed E-state index contributed by atoms with van der Waals surface area (Å²) in [7, 11) is 1.88. The molecule has 1 saturated heterocycles. The monoisotopic (exact) mass is 558 g/mol. The highest BCUT2D eigenvalue weighted by Crippen LogP contribution is 2.33. The van der Waals surface area contributed by atoms with Crippen LogP contribution in [0.1, 0.15) is 37.4 Å². The second kappa shape index (κ2) is 12.7. The van der Waals surface area contributed by atoms with E-state index in [4.69, 9.17) is 9.72 Å². The second-order valence-electron chi connectivity index (χ2n) is 10.3. The van der Waals surface area contributed by atoms with Crippen molar-refractivity contribution in [2.75, 3.05) is 43.5 Å². The number of amides is 2. The highest BCUT2D eigenvalue weighted by molar-refractivity contribution is 5.91. The fourth-order valence-corrected chi connectivity index (χ4v) is 4.98. The van der Waals surface area contributed by atoms with Gasteiger partial charge in [0.05, 0.1) is 23.7 Å². The molecule has 0 radical (unpaired) electrons. The molecule has 0 bridgehead atoms. The van der Waals surface area contributed by atoms with E-state index in [9.17, 15) is 18.0 Å². The van der Waals surface area contributed by atoms with Gasteiger partial charge in [0, 0.05) is 45.4 Å². The van der Waals surface area contributed by atoms with Crippen molar-refractivity contribution in [1.82, 2.24) is 19.7 Å². The third-order valence-electron chi connectivity index (χ3n) is 6.88. The summed E-state index contributed by atoms with van der Waals surface area (Å²) in [5.41, 5.74) is 5.88. The number of carbonyl (C=O) groups is 1. The Kier molecular flexibility index (Phi) is 9.34. The standard InChI is InChI=1S/C29H37F3N6O2/c1-5-11-40-12-9-33-27-15-22(14-25(35-27)26-13-20(3)36-37(26)4)24-16-23(7-6-19(24)2)34-28(39)38-10-8-21(18-38)17-29(30,31)32/h6-7,13-16,21H,5,8-12,17-18H2,1-4H3,(H,33,35)(H,34,39)/t21-/m0/s1. The summed E-state index contributed by atoms with van der Waals surface area (Å²) in [6.45, 7) is 8.24. The highest BCUT2D eigenvalue weighted by atomic mass is 19.4. The number of halogens is 3. The number of hydrogen-bond acceptors (Lipinski definition) is 5. The summed E-state index contributed by atoms with van der Waals surface area (Å²) in [4.78, 5) is 19.2. The quantitative estimate of drug-likeness (QED) is 0.281. The van der Waals surface area contributed by atoms with Gasteiger partial charge in [-0.05, 0) is 79.6 Å². The maximum absolute atomic E-state index is 12.9. The highest BCUT2D eigenvalue weighted by Gasteiger charge is 2.36. The lowest BCUT2D eigenvalue weighted by Crippen LogP contribution is -2.33. The molecule has 0 saturated carbocycles. The Morgan fingerprint density at radius 1 is 1.15 bits per heavy atom. The molecule has 1 aliphatic heterocycles. The number of pyridine rings is 1. The maximum Gasteiger partial charge on any atom is 0.389 e. The molecule has 1 aliphatic rings. The van der Waals surface area contributed by atoms with Crippen molar-refractivity contribution in [3.63, 3.8) is 0 Å². The number of benzene rings is 1. The number of hydrogen-bond donors (Lipinski definition) is 2. The normalized spacial score (nSPS) is 15.5. The number of anilines is 2. The molecule has 3 aromatic rings. The smallest absolute Gasteiger partial charge is 0.380 e. The molecule has 1 aromatic carbocycles. The molecule has 40 heavy (non-hydrogen) atoms. The summed E-state index contributed by atoms with van der Waals surface area (Å²) in [6.07, 6.45) is -3.79. The number of carbonyl (C=O) groups excluding carboxylic acids is 1. The van der Waals surface area contributed by atoms with Crippen LogP contribution in [-0.2, 0) is 11.8 Å². The number of urea groups is 1. The van der Waals surface area contributed by atoms with Crippen LogP contribution in [0.15, 0.2) is 36.4 Å². The molecule has 0 unspecified atom stereocenters. The Morgan fingerprint density at radius 2 is 1.95 bits per heavy atom. The van der Waals surface area contributed by atoms with Crippen molar-refractivity contribution in [2.24, 2.45) is 13.0 Å². The summed E-state index contributed by atoms with van der Waals surface area (Å²) >= 11 is 0. The molecular formula is C29H37F3N6O2. The zero-order chi connectivity index (χ0) is 28.9. The minimum atomic E-state index is -4.23. The molecule has 0 aliphatic carbocycles. The van der Waals surface area contributed by atoms with Crippen molar-refractivity contribution in [2.45, 2.75) is 46.2 Å². The van der Waals surface area contributed by atoms with Crippen LogP contribution in [0.25, 0.3) is 22.5 Å². The lowest BCUT2D eigenvalue weighted by atomic mass is 9.99. The number of aryl methyl sites for hydroxylation is 3. The van der Waals surface area contributed by atoms with Gasteiger partial charge in [-0.25, -0.2) is 9.78 Å². The van der Waals surface area contributed by atoms with Gasteiger partial charge in [-0.3, -0.25) is 4.68 Å². The number of nitrogens with one attached hydrogen (secondary N) is 2. The fraction of sp³-hybridized carbons (Fsp3) is 0.483. The van der Waals surface area contributed by atoms with Crippen molar-refractivity contribution in [3.8, 4) is 22.5 Å². The molecule has 2 aromatic heterocycles. The van der Waals surface area contributed by atoms with Gasteiger partial charge in [0.15, 0.2) is 0 Å². The molecule has 2 N–H and O–H groups in total. The molecule has 4 rings (SSSR count). The average molecular weight is 559 g/mol. The van der Waals surface area contributed by atoms with E-state index in [0.717, 1.165) is 40.2 Å². The summed E-state index contributed by atoms with van der Waals surface area (Å²) < 4.78 is 45.8. The minimum Gasteiger partial charge on any atom is -0.380 e. The molecule has 216 valence electrons. The van der Waals surface area contributed by atoms with Gasteiger partial charge < -0.3 is 20.3 Å². The van der Waals surface area contributed by atoms with Crippen molar-refractivity contribution in [3.05, 3.63) is 47.7 Å². The first-order valence-corrected chi connectivity index (χ1v) is 13.6. The largest absolute Gasteiger partial charge is 0.389 e. The van der Waals surface area contributed by atoms with Crippen LogP contribution in [0, 0.1) is 19.8 Å². The van der Waals surface area contributed by atoms with Gasteiger partial charge in [0.1, 0.15) is 5.82 Å². The molecule has 2 amide bonds.